The molecule has 0 unspecified atom stereocenters. The van der Waals surface area contributed by atoms with E-state index in [1.54, 1.807) is 12.1 Å². The Morgan fingerprint density at radius 2 is 1.69 bits per heavy atom. The highest BCUT2D eigenvalue weighted by molar-refractivity contribution is 5.93. The molecule has 4 rings (SSSR count). The molecular weight excluding hydrogens is 380 g/mol. The third-order valence-corrected chi connectivity index (χ3v) is 4.90. The fourth-order valence-corrected chi connectivity index (χ4v) is 3.37. The molecule has 4 N–H and O–H groups in total. The van der Waals surface area contributed by atoms with Crippen LogP contribution in [0.5, 0.6) is 5.75 Å². The molecule has 2 heterocycles. The van der Waals surface area contributed by atoms with Crippen molar-refractivity contribution in [2.45, 2.75) is 30.7 Å². The molecule has 1 fully saturated rings. The van der Waals surface area contributed by atoms with Gasteiger partial charge in [0, 0.05) is 17.5 Å². The van der Waals surface area contributed by atoms with Gasteiger partial charge < -0.3 is 34.3 Å². The van der Waals surface area contributed by atoms with Gasteiger partial charge in [0.2, 0.25) is 6.29 Å². The molecule has 0 amide bonds. The summed E-state index contributed by atoms with van der Waals surface area (Å²) >= 11 is 0. The van der Waals surface area contributed by atoms with Crippen LogP contribution in [0, 0.1) is 0 Å². The summed E-state index contributed by atoms with van der Waals surface area (Å²) in [6.45, 7) is -0.558. The number of aliphatic hydroxyl groups is 4. The zero-order chi connectivity index (χ0) is 20.5. The zero-order valence-electron chi connectivity index (χ0n) is 15.2. The van der Waals surface area contributed by atoms with Crippen molar-refractivity contribution in [2.24, 2.45) is 0 Å². The van der Waals surface area contributed by atoms with Crippen LogP contribution in [0.25, 0.3) is 22.1 Å². The van der Waals surface area contributed by atoms with Gasteiger partial charge in [0.1, 0.15) is 35.7 Å². The maximum atomic E-state index is 12.0. The number of hydrogen-bond acceptors (Lipinski definition) is 8. The first kappa shape index (κ1) is 19.6. The van der Waals surface area contributed by atoms with Gasteiger partial charge in [0.15, 0.2) is 0 Å². The third kappa shape index (κ3) is 3.76. The van der Waals surface area contributed by atoms with E-state index in [4.69, 9.17) is 13.9 Å². The standard InChI is InChI=1S/C21H20O8/c22-10-16-18(24)19(25)20(26)21(29-16)27-12-6-7-13-14(11-4-2-1-3-5-11)9-17(23)28-15(13)8-12/h1-9,16,18-22,24-26H,10H2/t16-,18+,19+,20-,21-/m0/s1. The highest BCUT2D eigenvalue weighted by atomic mass is 16.7. The number of benzene rings is 2. The first-order valence-corrected chi connectivity index (χ1v) is 9.08. The Labute approximate surface area is 165 Å². The Morgan fingerprint density at radius 1 is 0.931 bits per heavy atom. The van der Waals surface area contributed by atoms with Crippen molar-refractivity contribution in [1.82, 2.24) is 0 Å². The Kier molecular flexibility index (Phi) is 5.35. The average Bonchev–Trinajstić information content (AvgIpc) is 2.74. The Hall–Kier alpha value is -2.75. The van der Waals surface area contributed by atoms with Crippen LogP contribution in [0.4, 0.5) is 0 Å². The summed E-state index contributed by atoms with van der Waals surface area (Å²) in [6, 6.07) is 15.6. The van der Waals surface area contributed by atoms with Crippen LogP contribution in [0.3, 0.4) is 0 Å². The van der Waals surface area contributed by atoms with Crippen molar-refractivity contribution < 1.29 is 34.3 Å². The predicted octanol–water partition coefficient (Wildman–Crippen LogP) is 0.639. The minimum absolute atomic E-state index is 0.218. The van der Waals surface area contributed by atoms with Crippen LogP contribution < -0.4 is 10.4 Å². The molecule has 2 aromatic carbocycles. The molecule has 0 aliphatic carbocycles. The first-order valence-electron chi connectivity index (χ1n) is 9.08. The monoisotopic (exact) mass is 400 g/mol. The van der Waals surface area contributed by atoms with Gasteiger partial charge in [-0.15, -0.1) is 0 Å². The molecule has 1 saturated heterocycles. The predicted molar refractivity (Wildman–Crippen MR) is 102 cm³/mol. The zero-order valence-corrected chi connectivity index (χ0v) is 15.2. The van der Waals surface area contributed by atoms with Gasteiger partial charge in [-0.3, -0.25) is 0 Å². The van der Waals surface area contributed by atoms with E-state index in [2.05, 4.69) is 0 Å². The van der Waals surface area contributed by atoms with Crippen LogP contribution in [-0.2, 0) is 4.74 Å². The normalized spacial score (nSPS) is 27.1. The molecule has 8 nitrogen and oxygen atoms in total. The van der Waals surface area contributed by atoms with E-state index in [9.17, 15) is 25.2 Å². The van der Waals surface area contributed by atoms with Crippen LogP contribution >= 0.6 is 0 Å². The van der Waals surface area contributed by atoms with Crippen molar-refractivity contribution in [3.63, 3.8) is 0 Å². The summed E-state index contributed by atoms with van der Waals surface area (Å²) in [5.41, 5.74) is 1.31. The molecule has 5 atom stereocenters. The van der Waals surface area contributed by atoms with Crippen molar-refractivity contribution in [3.05, 3.63) is 65.0 Å². The van der Waals surface area contributed by atoms with Crippen molar-refractivity contribution >= 4 is 11.0 Å². The molecule has 0 saturated carbocycles. The van der Waals surface area contributed by atoms with Gasteiger partial charge >= 0.3 is 5.63 Å². The molecule has 8 heteroatoms. The molecule has 0 bridgehead atoms. The van der Waals surface area contributed by atoms with Crippen LogP contribution in [-0.4, -0.2) is 57.7 Å². The van der Waals surface area contributed by atoms with E-state index in [-0.39, 0.29) is 11.3 Å². The van der Waals surface area contributed by atoms with Gasteiger partial charge in [-0.2, -0.15) is 0 Å². The van der Waals surface area contributed by atoms with Gasteiger partial charge in [-0.05, 0) is 23.3 Å². The van der Waals surface area contributed by atoms with Gasteiger partial charge in [-0.25, -0.2) is 4.79 Å². The Morgan fingerprint density at radius 3 is 2.41 bits per heavy atom. The lowest BCUT2D eigenvalue weighted by Crippen LogP contribution is -2.60. The third-order valence-electron chi connectivity index (χ3n) is 4.90. The Bertz CT molecular complexity index is 1050. The second-order valence-electron chi connectivity index (χ2n) is 6.82. The highest BCUT2D eigenvalue weighted by Gasteiger charge is 2.44. The van der Waals surface area contributed by atoms with E-state index >= 15 is 0 Å². The quantitative estimate of drug-likeness (QED) is 0.470. The number of aliphatic hydroxyl groups excluding tert-OH is 4. The molecule has 3 aromatic rings. The second kappa shape index (κ2) is 7.94. The SMILES string of the molecule is O=c1cc(-c2ccccc2)c2ccc(O[C@H]3O[C@@H](CO)[C@@H](O)[C@@H](O)[C@@H]3O)cc2o1. The fraction of sp³-hybridized carbons (Fsp3) is 0.286. The Balaban J connectivity index is 1.67. The maximum Gasteiger partial charge on any atom is 0.336 e. The van der Waals surface area contributed by atoms with E-state index in [1.807, 2.05) is 30.3 Å². The maximum absolute atomic E-state index is 12.0. The molecule has 1 aromatic heterocycles. The summed E-state index contributed by atoms with van der Waals surface area (Å²) in [6.07, 6.45) is -6.97. The van der Waals surface area contributed by atoms with Crippen LogP contribution in [0.1, 0.15) is 0 Å². The number of fused-ring (bicyclic) bond motifs is 1. The first-order chi connectivity index (χ1) is 14.0. The van der Waals surface area contributed by atoms with E-state index in [1.165, 1.54) is 12.1 Å². The molecule has 0 radical (unpaired) electrons. The van der Waals surface area contributed by atoms with Gasteiger partial charge in [-0.1, -0.05) is 30.3 Å². The summed E-state index contributed by atoms with van der Waals surface area (Å²) in [5, 5.41) is 39.8. The van der Waals surface area contributed by atoms with Crippen LogP contribution in [0.15, 0.2) is 63.8 Å². The van der Waals surface area contributed by atoms with Crippen LogP contribution in [0.2, 0.25) is 0 Å². The average molecular weight is 400 g/mol. The second-order valence-corrected chi connectivity index (χ2v) is 6.82. The number of ether oxygens (including phenoxy) is 2. The largest absolute Gasteiger partial charge is 0.462 e. The van der Waals surface area contributed by atoms with Crippen molar-refractivity contribution in [2.75, 3.05) is 6.61 Å². The summed E-state index contributed by atoms with van der Waals surface area (Å²) in [5.74, 6) is 0.218. The van der Waals surface area contributed by atoms with Gasteiger partial charge in [0.25, 0.3) is 0 Å². The lowest BCUT2D eigenvalue weighted by atomic mass is 9.99. The summed E-state index contributed by atoms with van der Waals surface area (Å²) < 4.78 is 16.2. The molecule has 1 aliphatic rings. The molecule has 29 heavy (non-hydrogen) atoms. The van der Waals surface area contributed by atoms with E-state index in [0.29, 0.717) is 10.9 Å². The fourth-order valence-electron chi connectivity index (χ4n) is 3.37. The minimum atomic E-state index is -1.55. The highest BCUT2D eigenvalue weighted by Crippen LogP contribution is 2.31. The van der Waals surface area contributed by atoms with Crippen molar-refractivity contribution in [3.8, 4) is 16.9 Å². The van der Waals surface area contributed by atoms with E-state index in [0.717, 1.165) is 5.56 Å². The number of rotatable bonds is 4. The lowest BCUT2D eigenvalue weighted by molar-refractivity contribution is -0.277. The number of hydrogen-bond donors (Lipinski definition) is 4. The molecular formula is C21H20O8. The lowest BCUT2D eigenvalue weighted by Gasteiger charge is -2.39. The van der Waals surface area contributed by atoms with E-state index < -0.39 is 42.9 Å². The van der Waals surface area contributed by atoms with Crippen molar-refractivity contribution in [1.29, 1.82) is 0 Å². The summed E-state index contributed by atoms with van der Waals surface area (Å²) in [4.78, 5) is 12.0. The molecule has 1 aliphatic heterocycles. The smallest absolute Gasteiger partial charge is 0.336 e. The topological polar surface area (TPSA) is 130 Å². The molecule has 152 valence electrons. The van der Waals surface area contributed by atoms with Gasteiger partial charge in [0.05, 0.1) is 6.61 Å². The minimum Gasteiger partial charge on any atom is -0.462 e. The molecule has 0 spiro atoms. The summed E-state index contributed by atoms with van der Waals surface area (Å²) in [7, 11) is 0.